The first kappa shape index (κ1) is 18.3. The van der Waals surface area contributed by atoms with Crippen molar-refractivity contribution in [1.29, 1.82) is 0 Å². The van der Waals surface area contributed by atoms with E-state index in [0.717, 1.165) is 16.8 Å². The van der Waals surface area contributed by atoms with Crippen LogP contribution in [0.25, 0.3) is 11.4 Å². The van der Waals surface area contributed by atoms with Crippen LogP contribution in [0, 0.1) is 0 Å². The molecule has 0 bridgehead atoms. The Balaban J connectivity index is 1.74. The van der Waals surface area contributed by atoms with Crippen molar-refractivity contribution in [3.8, 4) is 17.1 Å². The fourth-order valence-electron chi connectivity index (χ4n) is 2.52. The van der Waals surface area contributed by atoms with Crippen LogP contribution < -0.4 is 9.64 Å². The molecule has 2 aromatic carbocycles. The van der Waals surface area contributed by atoms with Gasteiger partial charge >= 0.3 is 0 Å². The molecule has 6 heteroatoms. The first-order valence-corrected chi connectivity index (χ1v) is 8.85. The molecule has 136 valence electrons. The molecular formula is C20H22ClN3O2. The minimum atomic E-state index is 0.0639. The van der Waals surface area contributed by atoms with Gasteiger partial charge in [-0.2, -0.15) is 4.98 Å². The summed E-state index contributed by atoms with van der Waals surface area (Å²) < 4.78 is 11.0. The molecule has 0 saturated carbocycles. The van der Waals surface area contributed by atoms with Gasteiger partial charge in [-0.3, -0.25) is 0 Å². The fraction of sp³-hybridized carbons (Fsp3) is 0.300. The molecule has 26 heavy (non-hydrogen) atoms. The molecule has 1 heterocycles. The minimum absolute atomic E-state index is 0.0639. The fourth-order valence-corrected chi connectivity index (χ4v) is 2.75. The van der Waals surface area contributed by atoms with Gasteiger partial charge in [0, 0.05) is 25.3 Å². The van der Waals surface area contributed by atoms with Crippen molar-refractivity contribution in [3.63, 3.8) is 0 Å². The maximum absolute atomic E-state index is 6.29. The number of aromatic nitrogens is 2. The highest BCUT2D eigenvalue weighted by molar-refractivity contribution is 6.32. The molecule has 0 saturated heterocycles. The zero-order valence-corrected chi connectivity index (χ0v) is 16.1. The largest absolute Gasteiger partial charge is 0.489 e. The van der Waals surface area contributed by atoms with Crippen LogP contribution >= 0.6 is 11.6 Å². The number of rotatable bonds is 6. The molecular weight excluding hydrogens is 350 g/mol. The predicted octanol–water partition coefficient (Wildman–Crippen LogP) is 4.83. The number of hydrogen-bond donors (Lipinski definition) is 0. The average molecular weight is 372 g/mol. The van der Waals surface area contributed by atoms with Gasteiger partial charge in [0.15, 0.2) is 0 Å². The molecule has 0 radical (unpaired) electrons. The molecule has 0 aliphatic rings. The number of anilines is 1. The molecule has 1 aromatic heterocycles. The van der Waals surface area contributed by atoms with Crippen molar-refractivity contribution < 1.29 is 9.26 Å². The maximum Gasteiger partial charge on any atom is 0.231 e. The number of halogens is 1. The summed E-state index contributed by atoms with van der Waals surface area (Å²) in [4.78, 5) is 6.54. The quantitative estimate of drug-likeness (QED) is 0.620. The highest BCUT2D eigenvalue weighted by atomic mass is 35.5. The molecule has 3 aromatic rings. The van der Waals surface area contributed by atoms with Crippen LogP contribution in [-0.2, 0) is 6.42 Å². The van der Waals surface area contributed by atoms with E-state index in [1.807, 2.05) is 40.1 Å². The maximum atomic E-state index is 6.29. The van der Waals surface area contributed by atoms with E-state index in [1.54, 1.807) is 6.07 Å². The van der Waals surface area contributed by atoms with Crippen LogP contribution in [0.4, 0.5) is 5.69 Å². The second-order valence-corrected chi connectivity index (χ2v) is 6.97. The molecule has 0 spiro atoms. The van der Waals surface area contributed by atoms with Gasteiger partial charge in [-0.15, -0.1) is 0 Å². The van der Waals surface area contributed by atoms with Gasteiger partial charge in [0.2, 0.25) is 11.7 Å². The van der Waals surface area contributed by atoms with Gasteiger partial charge in [-0.25, -0.2) is 0 Å². The average Bonchev–Trinajstić information content (AvgIpc) is 3.05. The Morgan fingerprint density at radius 3 is 2.46 bits per heavy atom. The third-order valence-corrected chi connectivity index (χ3v) is 4.12. The summed E-state index contributed by atoms with van der Waals surface area (Å²) in [6, 6.07) is 13.8. The Labute approximate surface area is 158 Å². The van der Waals surface area contributed by atoms with E-state index < -0.39 is 0 Å². The van der Waals surface area contributed by atoms with Crippen molar-refractivity contribution in [2.24, 2.45) is 0 Å². The lowest BCUT2D eigenvalue weighted by Crippen LogP contribution is -2.08. The van der Waals surface area contributed by atoms with E-state index in [2.05, 4.69) is 39.3 Å². The van der Waals surface area contributed by atoms with E-state index in [1.165, 1.54) is 0 Å². The number of ether oxygens (including phenoxy) is 1. The Hall–Kier alpha value is -2.53. The van der Waals surface area contributed by atoms with Gasteiger partial charge in [0.05, 0.1) is 17.5 Å². The molecule has 0 aliphatic carbocycles. The Kier molecular flexibility index (Phi) is 5.47. The van der Waals surface area contributed by atoms with Crippen LogP contribution in [0.3, 0.4) is 0 Å². The lowest BCUT2D eigenvalue weighted by Gasteiger charge is -2.12. The minimum Gasteiger partial charge on any atom is -0.489 e. The second kappa shape index (κ2) is 7.79. The zero-order chi connectivity index (χ0) is 18.7. The van der Waals surface area contributed by atoms with Crippen molar-refractivity contribution in [3.05, 3.63) is 58.9 Å². The SMILES string of the molecule is CC(C)Oc1ccc(-c2noc(Cc3ccc(N(C)C)cc3)n2)cc1Cl. The monoisotopic (exact) mass is 371 g/mol. The lowest BCUT2D eigenvalue weighted by molar-refractivity contribution is 0.242. The van der Waals surface area contributed by atoms with Gasteiger partial charge in [-0.05, 0) is 49.7 Å². The molecule has 0 atom stereocenters. The summed E-state index contributed by atoms with van der Waals surface area (Å²) in [7, 11) is 4.03. The van der Waals surface area contributed by atoms with E-state index in [9.17, 15) is 0 Å². The van der Waals surface area contributed by atoms with E-state index >= 15 is 0 Å². The number of benzene rings is 2. The predicted molar refractivity (Wildman–Crippen MR) is 104 cm³/mol. The summed E-state index contributed by atoms with van der Waals surface area (Å²) >= 11 is 6.29. The Morgan fingerprint density at radius 1 is 1.12 bits per heavy atom. The van der Waals surface area contributed by atoms with Crippen molar-refractivity contribution in [2.45, 2.75) is 26.4 Å². The molecule has 0 unspecified atom stereocenters. The highest BCUT2D eigenvalue weighted by Gasteiger charge is 2.12. The summed E-state index contributed by atoms with van der Waals surface area (Å²) in [5.74, 6) is 1.73. The van der Waals surface area contributed by atoms with Crippen LogP contribution in [0.5, 0.6) is 5.75 Å². The van der Waals surface area contributed by atoms with E-state index in [0.29, 0.717) is 28.9 Å². The van der Waals surface area contributed by atoms with Crippen molar-refractivity contribution in [2.75, 3.05) is 19.0 Å². The van der Waals surface area contributed by atoms with Crippen LogP contribution in [0.15, 0.2) is 47.0 Å². The highest BCUT2D eigenvalue weighted by Crippen LogP contribution is 2.30. The third kappa shape index (κ3) is 4.35. The van der Waals surface area contributed by atoms with Crippen LogP contribution in [0.1, 0.15) is 25.3 Å². The lowest BCUT2D eigenvalue weighted by atomic mass is 10.1. The smallest absolute Gasteiger partial charge is 0.231 e. The molecule has 0 aliphatic heterocycles. The Morgan fingerprint density at radius 2 is 1.85 bits per heavy atom. The van der Waals surface area contributed by atoms with E-state index in [4.69, 9.17) is 20.9 Å². The second-order valence-electron chi connectivity index (χ2n) is 6.56. The summed E-state index contributed by atoms with van der Waals surface area (Å²) in [6.07, 6.45) is 0.650. The van der Waals surface area contributed by atoms with E-state index in [-0.39, 0.29) is 6.10 Å². The van der Waals surface area contributed by atoms with Crippen molar-refractivity contribution >= 4 is 17.3 Å². The number of nitrogens with zero attached hydrogens (tertiary/aromatic N) is 3. The van der Waals surface area contributed by atoms with Gasteiger partial charge < -0.3 is 14.2 Å². The first-order valence-electron chi connectivity index (χ1n) is 8.48. The molecule has 5 nitrogen and oxygen atoms in total. The van der Waals surface area contributed by atoms with Gasteiger partial charge in [0.25, 0.3) is 0 Å². The molecule has 0 fully saturated rings. The normalized spacial score (nSPS) is 11.0. The topological polar surface area (TPSA) is 51.4 Å². The zero-order valence-electron chi connectivity index (χ0n) is 15.4. The third-order valence-electron chi connectivity index (χ3n) is 3.83. The summed E-state index contributed by atoms with van der Waals surface area (Å²) in [5.41, 5.74) is 3.06. The molecule has 0 amide bonds. The first-order chi connectivity index (χ1) is 12.4. The standard InChI is InChI=1S/C20H22ClN3O2/c1-13(2)25-18-10-7-15(12-17(18)21)20-22-19(26-23-20)11-14-5-8-16(9-6-14)24(3)4/h5-10,12-13H,11H2,1-4H3. The number of hydrogen-bond acceptors (Lipinski definition) is 5. The summed E-state index contributed by atoms with van der Waals surface area (Å²) in [6.45, 7) is 3.92. The molecule has 0 N–H and O–H groups in total. The van der Waals surface area contributed by atoms with Crippen LogP contribution in [0.2, 0.25) is 5.02 Å². The summed E-state index contributed by atoms with van der Waals surface area (Å²) in [5, 5.41) is 4.60. The van der Waals surface area contributed by atoms with Crippen molar-refractivity contribution in [1.82, 2.24) is 10.1 Å². The van der Waals surface area contributed by atoms with Crippen LogP contribution in [-0.4, -0.2) is 30.3 Å². The molecule has 3 rings (SSSR count). The van der Waals surface area contributed by atoms with Gasteiger partial charge in [0.1, 0.15) is 5.75 Å². The van der Waals surface area contributed by atoms with Gasteiger partial charge in [-0.1, -0.05) is 28.9 Å². The Bertz CT molecular complexity index is 873.